The van der Waals surface area contributed by atoms with Crippen LogP contribution in [-0.4, -0.2) is 29.8 Å². The number of carbonyl (C=O) groups is 2. The highest BCUT2D eigenvalue weighted by Gasteiger charge is 2.19. The van der Waals surface area contributed by atoms with Gasteiger partial charge in [0.25, 0.3) is 0 Å². The van der Waals surface area contributed by atoms with Crippen LogP contribution in [-0.2, 0) is 9.53 Å². The molecule has 2 N–H and O–H groups in total. The monoisotopic (exact) mass is 231 g/mol. The molecule has 0 aromatic heterocycles. The number of carboxylic acid groups (broad SMARTS) is 1. The van der Waals surface area contributed by atoms with E-state index in [2.05, 4.69) is 5.32 Å². The number of carbonyl (C=O) groups excluding carboxylic acids is 1. The van der Waals surface area contributed by atoms with Gasteiger partial charge >= 0.3 is 12.1 Å². The van der Waals surface area contributed by atoms with Gasteiger partial charge in [-0.3, -0.25) is 0 Å². The highest BCUT2D eigenvalue weighted by atomic mass is 16.5. The topological polar surface area (TPSA) is 75.6 Å². The molecule has 1 atom stereocenters. The smallest absolute Gasteiger partial charge is 0.407 e. The molecule has 0 aliphatic rings. The van der Waals surface area contributed by atoms with Crippen LogP contribution in [0.4, 0.5) is 4.79 Å². The molecule has 0 aliphatic carbocycles. The van der Waals surface area contributed by atoms with Gasteiger partial charge in [0.15, 0.2) is 0 Å². The van der Waals surface area contributed by atoms with Crippen molar-refractivity contribution in [3.63, 3.8) is 0 Å². The molecule has 0 aromatic carbocycles. The van der Waals surface area contributed by atoms with Gasteiger partial charge in [0, 0.05) is 0 Å². The third kappa shape index (κ3) is 7.09. The fraction of sp³-hybridized carbons (Fsp3) is 0.818. The molecule has 0 saturated carbocycles. The van der Waals surface area contributed by atoms with Gasteiger partial charge in [-0.25, -0.2) is 9.59 Å². The third-order valence-electron chi connectivity index (χ3n) is 2.17. The quantitative estimate of drug-likeness (QED) is 0.628. The second kappa shape index (κ2) is 9.00. The van der Waals surface area contributed by atoms with E-state index >= 15 is 0 Å². The molecular formula is C11H21NO4. The van der Waals surface area contributed by atoms with Gasteiger partial charge in [-0.15, -0.1) is 0 Å². The first-order chi connectivity index (χ1) is 7.61. The van der Waals surface area contributed by atoms with E-state index in [4.69, 9.17) is 9.84 Å². The zero-order valence-electron chi connectivity index (χ0n) is 9.99. The Hall–Kier alpha value is -1.26. The number of hydrogen-bond donors (Lipinski definition) is 2. The first kappa shape index (κ1) is 14.7. The highest BCUT2D eigenvalue weighted by Crippen LogP contribution is 2.01. The van der Waals surface area contributed by atoms with E-state index in [0.29, 0.717) is 13.0 Å². The Balaban J connectivity index is 3.88. The summed E-state index contributed by atoms with van der Waals surface area (Å²) < 4.78 is 4.83. The fourth-order valence-corrected chi connectivity index (χ4v) is 1.16. The van der Waals surface area contributed by atoms with Gasteiger partial charge < -0.3 is 15.2 Å². The summed E-state index contributed by atoms with van der Waals surface area (Å²) >= 11 is 0. The summed E-state index contributed by atoms with van der Waals surface area (Å²) in [5, 5.41) is 11.2. The molecule has 0 radical (unpaired) electrons. The van der Waals surface area contributed by atoms with Gasteiger partial charge in [-0.05, 0) is 12.8 Å². The van der Waals surface area contributed by atoms with Crippen LogP contribution in [0.15, 0.2) is 0 Å². The standard InChI is InChI=1S/C11H21NO4/c1-3-5-7-9(10(13)14)12-11(15)16-8-6-4-2/h9H,3-8H2,1-2H3,(H,12,15)(H,13,14). The van der Waals surface area contributed by atoms with Crippen molar-refractivity contribution in [2.45, 2.75) is 52.0 Å². The summed E-state index contributed by atoms with van der Waals surface area (Å²) in [6.07, 6.45) is 3.19. The molecule has 0 aliphatic heterocycles. The number of unbranched alkanes of at least 4 members (excludes halogenated alkanes) is 2. The minimum Gasteiger partial charge on any atom is -0.480 e. The Labute approximate surface area is 96.2 Å². The van der Waals surface area contributed by atoms with Crippen molar-refractivity contribution < 1.29 is 19.4 Å². The Morgan fingerprint density at radius 2 is 1.88 bits per heavy atom. The van der Waals surface area contributed by atoms with E-state index in [1.54, 1.807) is 0 Å². The fourth-order valence-electron chi connectivity index (χ4n) is 1.16. The van der Waals surface area contributed by atoms with E-state index in [1.807, 2.05) is 13.8 Å². The maximum atomic E-state index is 11.2. The first-order valence-corrected chi connectivity index (χ1v) is 5.77. The predicted molar refractivity (Wildman–Crippen MR) is 60.3 cm³/mol. The summed E-state index contributed by atoms with van der Waals surface area (Å²) in [7, 11) is 0. The van der Waals surface area contributed by atoms with Crippen molar-refractivity contribution in [3.05, 3.63) is 0 Å². The van der Waals surface area contributed by atoms with Gasteiger partial charge in [0.2, 0.25) is 0 Å². The predicted octanol–water partition coefficient (Wildman–Crippen LogP) is 2.16. The van der Waals surface area contributed by atoms with Crippen LogP contribution in [0.25, 0.3) is 0 Å². The van der Waals surface area contributed by atoms with Crippen molar-refractivity contribution in [1.82, 2.24) is 5.32 Å². The maximum Gasteiger partial charge on any atom is 0.407 e. The number of carboxylic acids is 1. The molecule has 5 nitrogen and oxygen atoms in total. The lowest BCUT2D eigenvalue weighted by atomic mass is 10.1. The van der Waals surface area contributed by atoms with E-state index in [9.17, 15) is 9.59 Å². The Morgan fingerprint density at radius 3 is 2.38 bits per heavy atom. The lowest BCUT2D eigenvalue weighted by Gasteiger charge is -2.13. The molecule has 1 unspecified atom stereocenters. The number of rotatable bonds is 8. The Kier molecular flexibility index (Phi) is 8.29. The maximum absolute atomic E-state index is 11.2. The van der Waals surface area contributed by atoms with Crippen molar-refractivity contribution >= 4 is 12.1 Å². The summed E-state index contributed by atoms with van der Waals surface area (Å²) in [5.74, 6) is -1.01. The highest BCUT2D eigenvalue weighted by molar-refractivity contribution is 5.79. The number of nitrogens with one attached hydrogen (secondary N) is 1. The lowest BCUT2D eigenvalue weighted by Crippen LogP contribution is -2.41. The minimum atomic E-state index is -1.01. The van der Waals surface area contributed by atoms with Crippen LogP contribution < -0.4 is 5.32 Å². The number of alkyl carbamates (subject to hydrolysis) is 1. The molecule has 0 fully saturated rings. The molecule has 0 saturated heterocycles. The van der Waals surface area contributed by atoms with Gasteiger partial charge in [-0.1, -0.05) is 33.1 Å². The SMILES string of the molecule is CCCCOC(=O)NC(CCCC)C(=O)O. The summed E-state index contributed by atoms with van der Waals surface area (Å²) in [6.45, 7) is 4.30. The average Bonchev–Trinajstić information content (AvgIpc) is 2.24. The second-order valence-electron chi connectivity index (χ2n) is 3.67. The average molecular weight is 231 g/mol. The minimum absolute atomic E-state index is 0.336. The molecule has 0 bridgehead atoms. The largest absolute Gasteiger partial charge is 0.480 e. The van der Waals surface area contributed by atoms with Crippen molar-refractivity contribution in [1.29, 1.82) is 0 Å². The number of amides is 1. The van der Waals surface area contributed by atoms with Crippen molar-refractivity contribution in [2.75, 3.05) is 6.61 Å². The van der Waals surface area contributed by atoms with Crippen LogP contribution in [0.1, 0.15) is 46.0 Å². The summed E-state index contributed by atoms with van der Waals surface area (Å²) in [6, 6.07) is -0.839. The molecule has 0 spiro atoms. The van der Waals surface area contributed by atoms with E-state index < -0.39 is 18.1 Å². The Morgan fingerprint density at radius 1 is 1.25 bits per heavy atom. The summed E-state index contributed by atoms with van der Waals surface area (Å²) in [5.41, 5.74) is 0. The van der Waals surface area contributed by atoms with Crippen molar-refractivity contribution in [2.24, 2.45) is 0 Å². The van der Waals surface area contributed by atoms with Crippen LogP contribution in [0.3, 0.4) is 0 Å². The zero-order chi connectivity index (χ0) is 12.4. The molecule has 0 aromatic rings. The molecular weight excluding hydrogens is 210 g/mol. The lowest BCUT2D eigenvalue weighted by molar-refractivity contribution is -0.139. The third-order valence-corrected chi connectivity index (χ3v) is 2.17. The first-order valence-electron chi connectivity index (χ1n) is 5.77. The number of ether oxygens (including phenoxy) is 1. The number of aliphatic carboxylic acids is 1. The van der Waals surface area contributed by atoms with Crippen LogP contribution in [0.2, 0.25) is 0 Å². The molecule has 0 rings (SSSR count). The van der Waals surface area contributed by atoms with Crippen LogP contribution >= 0.6 is 0 Å². The molecule has 16 heavy (non-hydrogen) atoms. The van der Waals surface area contributed by atoms with Crippen LogP contribution in [0.5, 0.6) is 0 Å². The van der Waals surface area contributed by atoms with Gasteiger partial charge in [-0.2, -0.15) is 0 Å². The molecule has 1 amide bonds. The molecule has 0 heterocycles. The molecule has 94 valence electrons. The normalized spacial score (nSPS) is 11.9. The van der Waals surface area contributed by atoms with Gasteiger partial charge in [0.05, 0.1) is 6.61 Å². The Bertz CT molecular complexity index is 218. The summed E-state index contributed by atoms with van der Waals surface area (Å²) in [4.78, 5) is 22.0. The van der Waals surface area contributed by atoms with Crippen LogP contribution in [0, 0.1) is 0 Å². The molecule has 5 heteroatoms. The zero-order valence-corrected chi connectivity index (χ0v) is 9.99. The number of hydrogen-bond acceptors (Lipinski definition) is 3. The van der Waals surface area contributed by atoms with E-state index in [1.165, 1.54) is 0 Å². The van der Waals surface area contributed by atoms with E-state index in [0.717, 1.165) is 25.7 Å². The second-order valence-corrected chi connectivity index (χ2v) is 3.67. The van der Waals surface area contributed by atoms with Crippen molar-refractivity contribution in [3.8, 4) is 0 Å². The van der Waals surface area contributed by atoms with E-state index in [-0.39, 0.29) is 0 Å². The van der Waals surface area contributed by atoms with Gasteiger partial charge in [0.1, 0.15) is 6.04 Å².